The number of rotatable bonds is 5. The van der Waals surface area contributed by atoms with Crippen LogP contribution in [0.4, 0.5) is 5.69 Å². The van der Waals surface area contributed by atoms with Gasteiger partial charge in [0.2, 0.25) is 0 Å². The lowest BCUT2D eigenvalue weighted by molar-refractivity contribution is 0.105. The molecular formula is C10H14BrNO3. The molecule has 0 fully saturated rings. The van der Waals surface area contributed by atoms with Crippen LogP contribution in [0.2, 0.25) is 0 Å². The Labute approximate surface area is 97.0 Å². The van der Waals surface area contributed by atoms with Gasteiger partial charge in [-0.3, -0.25) is 0 Å². The minimum absolute atomic E-state index is 0.246. The molecule has 0 aliphatic heterocycles. The average molecular weight is 276 g/mol. The van der Waals surface area contributed by atoms with Gasteiger partial charge in [-0.25, -0.2) is 0 Å². The molecule has 0 bridgehead atoms. The van der Waals surface area contributed by atoms with E-state index in [9.17, 15) is 0 Å². The summed E-state index contributed by atoms with van der Waals surface area (Å²) in [4.78, 5) is 0. The molecule has 0 unspecified atom stereocenters. The maximum absolute atomic E-state index is 9.14. The molecule has 1 atom stereocenters. The third-order valence-electron chi connectivity index (χ3n) is 1.90. The minimum Gasteiger partial charge on any atom is -0.496 e. The van der Waals surface area contributed by atoms with E-state index in [-0.39, 0.29) is 6.61 Å². The van der Waals surface area contributed by atoms with Crippen molar-refractivity contribution < 1.29 is 14.9 Å². The molecule has 0 saturated heterocycles. The number of aliphatic hydroxyl groups is 2. The second kappa shape index (κ2) is 5.95. The Balaban J connectivity index is 2.59. The fraction of sp³-hybridized carbons (Fsp3) is 0.400. The highest BCUT2D eigenvalue weighted by Crippen LogP contribution is 2.27. The fourth-order valence-corrected chi connectivity index (χ4v) is 1.62. The van der Waals surface area contributed by atoms with E-state index in [2.05, 4.69) is 21.2 Å². The number of halogens is 1. The van der Waals surface area contributed by atoms with Gasteiger partial charge in [-0.05, 0) is 34.1 Å². The number of methoxy groups -OCH3 is 1. The number of hydrogen-bond donors (Lipinski definition) is 3. The summed E-state index contributed by atoms with van der Waals surface area (Å²) in [5, 5.41) is 20.8. The fourth-order valence-electron chi connectivity index (χ4n) is 1.08. The molecule has 84 valence electrons. The smallest absolute Gasteiger partial charge is 0.133 e. The van der Waals surface area contributed by atoms with Gasteiger partial charge < -0.3 is 20.3 Å². The minimum atomic E-state index is -0.745. The Morgan fingerprint density at radius 2 is 2.27 bits per heavy atom. The molecule has 0 radical (unpaired) electrons. The van der Waals surface area contributed by atoms with Gasteiger partial charge in [0.15, 0.2) is 0 Å². The van der Waals surface area contributed by atoms with Crippen LogP contribution in [0.15, 0.2) is 22.7 Å². The SMILES string of the molecule is COc1ccc(NC[C@H](O)CO)cc1Br. The number of aliphatic hydroxyl groups excluding tert-OH is 2. The van der Waals surface area contributed by atoms with Crippen LogP contribution in [0, 0.1) is 0 Å². The average Bonchev–Trinajstić information content (AvgIpc) is 2.26. The van der Waals surface area contributed by atoms with Gasteiger partial charge in [0, 0.05) is 12.2 Å². The maximum Gasteiger partial charge on any atom is 0.133 e. The summed E-state index contributed by atoms with van der Waals surface area (Å²) >= 11 is 3.35. The zero-order valence-corrected chi connectivity index (χ0v) is 9.99. The Kier molecular flexibility index (Phi) is 4.87. The predicted octanol–water partition coefficient (Wildman–Crippen LogP) is 1.22. The van der Waals surface area contributed by atoms with Crippen LogP contribution >= 0.6 is 15.9 Å². The number of hydrogen-bond acceptors (Lipinski definition) is 4. The van der Waals surface area contributed by atoms with Gasteiger partial charge in [-0.15, -0.1) is 0 Å². The maximum atomic E-state index is 9.14. The third kappa shape index (κ3) is 3.70. The van der Waals surface area contributed by atoms with Crippen molar-refractivity contribution in [1.82, 2.24) is 0 Å². The van der Waals surface area contributed by atoms with Gasteiger partial charge >= 0.3 is 0 Å². The zero-order chi connectivity index (χ0) is 11.3. The topological polar surface area (TPSA) is 61.7 Å². The Morgan fingerprint density at radius 3 is 2.80 bits per heavy atom. The standard InChI is InChI=1S/C10H14BrNO3/c1-15-10-3-2-7(4-9(10)11)12-5-8(14)6-13/h2-4,8,12-14H,5-6H2,1H3/t8-/m0/s1. The zero-order valence-electron chi connectivity index (χ0n) is 8.40. The molecule has 5 heteroatoms. The van der Waals surface area contributed by atoms with Gasteiger partial charge in [0.05, 0.1) is 24.3 Å². The van der Waals surface area contributed by atoms with E-state index in [0.29, 0.717) is 6.54 Å². The Morgan fingerprint density at radius 1 is 1.53 bits per heavy atom. The molecule has 0 aliphatic rings. The van der Waals surface area contributed by atoms with E-state index in [0.717, 1.165) is 15.9 Å². The summed E-state index contributed by atoms with van der Waals surface area (Å²) in [6.07, 6.45) is -0.745. The highest BCUT2D eigenvalue weighted by molar-refractivity contribution is 9.10. The quantitative estimate of drug-likeness (QED) is 0.756. The van der Waals surface area contributed by atoms with E-state index in [4.69, 9.17) is 14.9 Å². The van der Waals surface area contributed by atoms with Crippen molar-refractivity contribution in [2.24, 2.45) is 0 Å². The van der Waals surface area contributed by atoms with E-state index in [1.165, 1.54) is 0 Å². The van der Waals surface area contributed by atoms with Crippen LogP contribution in [0.1, 0.15) is 0 Å². The first-order valence-electron chi connectivity index (χ1n) is 4.53. The lowest BCUT2D eigenvalue weighted by Crippen LogP contribution is -2.22. The molecule has 4 nitrogen and oxygen atoms in total. The summed E-state index contributed by atoms with van der Waals surface area (Å²) in [6.45, 7) is 0.0690. The summed E-state index contributed by atoms with van der Waals surface area (Å²) in [6, 6.07) is 5.51. The third-order valence-corrected chi connectivity index (χ3v) is 2.52. The van der Waals surface area contributed by atoms with E-state index in [1.807, 2.05) is 18.2 Å². The largest absolute Gasteiger partial charge is 0.496 e. The highest BCUT2D eigenvalue weighted by atomic mass is 79.9. The number of anilines is 1. The van der Waals surface area contributed by atoms with Gasteiger partial charge in [0.1, 0.15) is 5.75 Å². The van der Waals surface area contributed by atoms with Crippen LogP contribution in [0.25, 0.3) is 0 Å². The number of ether oxygens (including phenoxy) is 1. The molecule has 15 heavy (non-hydrogen) atoms. The van der Waals surface area contributed by atoms with Crippen molar-refractivity contribution >= 4 is 21.6 Å². The monoisotopic (exact) mass is 275 g/mol. The second-order valence-electron chi connectivity index (χ2n) is 3.07. The number of nitrogens with one attached hydrogen (secondary N) is 1. The highest BCUT2D eigenvalue weighted by Gasteiger charge is 2.03. The predicted molar refractivity (Wildman–Crippen MR) is 62.3 cm³/mol. The molecule has 1 rings (SSSR count). The first-order chi connectivity index (χ1) is 7.17. The van der Waals surface area contributed by atoms with Crippen molar-refractivity contribution in [3.8, 4) is 5.75 Å². The molecule has 0 aliphatic carbocycles. The molecule has 1 aromatic carbocycles. The lowest BCUT2D eigenvalue weighted by atomic mass is 10.3. The molecule has 0 spiro atoms. The van der Waals surface area contributed by atoms with Crippen molar-refractivity contribution in [3.05, 3.63) is 22.7 Å². The summed E-state index contributed by atoms with van der Waals surface area (Å²) in [5.41, 5.74) is 0.857. The van der Waals surface area contributed by atoms with E-state index >= 15 is 0 Å². The molecule has 1 aromatic rings. The van der Waals surface area contributed by atoms with Crippen molar-refractivity contribution in [1.29, 1.82) is 0 Å². The van der Waals surface area contributed by atoms with E-state index < -0.39 is 6.10 Å². The number of benzene rings is 1. The van der Waals surface area contributed by atoms with Crippen LogP contribution < -0.4 is 10.1 Å². The van der Waals surface area contributed by atoms with Crippen LogP contribution in [-0.4, -0.2) is 36.6 Å². The van der Waals surface area contributed by atoms with E-state index in [1.54, 1.807) is 7.11 Å². The van der Waals surface area contributed by atoms with Crippen molar-refractivity contribution in [3.63, 3.8) is 0 Å². The van der Waals surface area contributed by atoms with Gasteiger partial charge in [-0.1, -0.05) is 0 Å². The summed E-state index contributed by atoms with van der Waals surface area (Å²) in [7, 11) is 1.60. The Bertz CT molecular complexity index is 320. The molecule has 0 aromatic heterocycles. The Hall–Kier alpha value is -0.780. The first-order valence-corrected chi connectivity index (χ1v) is 5.33. The lowest BCUT2D eigenvalue weighted by Gasteiger charge is -2.11. The molecule has 0 saturated carbocycles. The van der Waals surface area contributed by atoms with Gasteiger partial charge in [0.25, 0.3) is 0 Å². The van der Waals surface area contributed by atoms with Gasteiger partial charge in [-0.2, -0.15) is 0 Å². The van der Waals surface area contributed by atoms with Crippen LogP contribution in [0.3, 0.4) is 0 Å². The van der Waals surface area contributed by atoms with Crippen LogP contribution in [-0.2, 0) is 0 Å². The summed E-state index contributed by atoms with van der Waals surface area (Å²) < 4.78 is 5.92. The molecule has 0 amide bonds. The second-order valence-corrected chi connectivity index (χ2v) is 3.92. The normalized spacial score (nSPS) is 12.3. The molecule has 0 heterocycles. The molecule has 3 N–H and O–H groups in total. The first kappa shape index (κ1) is 12.3. The van der Waals surface area contributed by atoms with Crippen molar-refractivity contribution in [2.75, 3.05) is 25.6 Å². The van der Waals surface area contributed by atoms with Crippen LogP contribution in [0.5, 0.6) is 5.75 Å². The molecular weight excluding hydrogens is 262 g/mol. The summed E-state index contributed by atoms with van der Waals surface area (Å²) in [5.74, 6) is 0.753. The van der Waals surface area contributed by atoms with Crippen molar-refractivity contribution in [2.45, 2.75) is 6.10 Å².